The van der Waals surface area contributed by atoms with E-state index in [2.05, 4.69) is 4.90 Å². The Kier molecular flexibility index (Phi) is 5.52. The molecule has 1 aliphatic heterocycles. The third kappa shape index (κ3) is 4.68. The van der Waals surface area contributed by atoms with Crippen molar-refractivity contribution in [3.05, 3.63) is 29.8 Å². The van der Waals surface area contributed by atoms with Gasteiger partial charge in [-0.15, -0.1) is 0 Å². The van der Waals surface area contributed by atoms with E-state index < -0.39 is 0 Å². The molecule has 0 spiro atoms. The van der Waals surface area contributed by atoms with Crippen molar-refractivity contribution in [1.29, 1.82) is 0 Å². The molecule has 5 nitrogen and oxygen atoms in total. The molecule has 21 heavy (non-hydrogen) atoms. The fourth-order valence-corrected chi connectivity index (χ4v) is 2.77. The van der Waals surface area contributed by atoms with Crippen LogP contribution in [-0.2, 0) is 11.2 Å². The van der Waals surface area contributed by atoms with E-state index in [0.717, 1.165) is 30.7 Å². The van der Waals surface area contributed by atoms with E-state index in [1.54, 1.807) is 0 Å². The number of carbonyl (C=O) groups is 1. The molecule has 1 fully saturated rings. The van der Waals surface area contributed by atoms with Crippen LogP contribution in [0.3, 0.4) is 0 Å². The van der Waals surface area contributed by atoms with Gasteiger partial charge in [0, 0.05) is 13.0 Å². The van der Waals surface area contributed by atoms with Crippen molar-refractivity contribution in [2.45, 2.75) is 25.3 Å². The summed E-state index contributed by atoms with van der Waals surface area (Å²) in [5, 5.41) is 0. The van der Waals surface area contributed by atoms with Crippen molar-refractivity contribution in [2.75, 3.05) is 19.7 Å². The second-order valence-electron chi connectivity index (χ2n) is 5.23. The molecule has 114 valence electrons. The Balaban J connectivity index is 1.78. The van der Waals surface area contributed by atoms with Crippen LogP contribution in [0.15, 0.2) is 24.3 Å². The standard InChI is InChI=1S/C15H21N3O2S/c16-14(21)10-11-3-5-12(6-4-11)20-9-8-18-7-1-2-13(18)15(17)19/h3-6,13H,1-2,7-10H2,(H2,16,21)(H2,17,19). The van der Waals surface area contributed by atoms with Gasteiger partial charge in [-0.3, -0.25) is 9.69 Å². The summed E-state index contributed by atoms with van der Waals surface area (Å²) in [5.74, 6) is 0.561. The Morgan fingerprint density at radius 2 is 2.05 bits per heavy atom. The lowest BCUT2D eigenvalue weighted by Crippen LogP contribution is -2.42. The van der Waals surface area contributed by atoms with Gasteiger partial charge >= 0.3 is 0 Å². The van der Waals surface area contributed by atoms with Crippen molar-refractivity contribution in [2.24, 2.45) is 11.5 Å². The predicted molar refractivity (Wildman–Crippen MR) is 86.2 cm³/mol. The Morgan fingerprint density at radius 1 is 1.33 bits per heavy atom. The Hall–Kier alpha value is -1.66. The summed E-state index contributed by atoms with van der Waals surface area (Å²) in [6, 6.07) is 7.58. The highest BCUT2D eigenvalue weighted by Gasteiger charge is 2.28. The zero-order valence-electron chi connectivity index (χ0n) is 12.0. The van der Waals surface area contributed by atoms with Gasteiger partial charge in [0.05, 0.1) is 11.0 Å². The van der Waals surface area contributed by atoms with Gasteiger partial charge in [0.1, 0.15) is 12.4 Å². The third-order valence-corrected chi connectivity index (χ3v) is 3.79. The fourth-order valence-electron chi connectivity index (χ4n) is 2.60. The smallest absolute Gasteiger partial charge is 0.234 e. The number of amides is 1. The summed E-state index contributed by atoms with van der Waals surface area (Å²) >= 11 is 4.88. The maximum atomic E-state index is 11.3. The minimum absolute atomic E-state index is 0.137. The molecule has 0 bridgehead atoms. The van der Waals surface area contributed by atoms with Gasteiger partial charge in [-0.2, -0.15) is 0 Å². The number of hydrogen-bond donors (Lipinski definition) is 2. The van der Waals surface area contributed by atoms with Crippen molar-refractivity contribution in [3.8, 4) is 5.75 Å². The molecule has 1 amide bonds. The molecular weight excluding hydrogens is 286 g/mol. The van der Waals surface area contributed by atoms with E-state index in [0.29, 0.717) is 24.6 Å². The van der Waals surface area contributed by atoms with Crippen LogP contribution in [0, 0.1) is 0 Å². The minimum atomic E-state index is -0.241. The van der Waals surface area contributed by atoms with E-state index in [-0.39, 0.29) is 11.9 Å². The number of likely N-dealkylation sites (tertiary alicyclic amines) is 1. The van der Waals surface area contributed by atoms with E-state index in [1.165, 1.54) is 0 Å². The van der Waals surface area contributed by atoms with E-state index in [4.69, 9.17) is 28.4 Å². The average Bonchev–Trinajstić information content (AvgIpc) is 2.89. The topological polar surface area (TPSA) is 81.6 Å². The van der Waals surface area contributed by atoms with Gasteiger partial charge in [-0.05, 0) is 37.1 Å². The first kappa shape index (κ1) is 15.7. The van der Waals surface area contributed by atoms with Crippen LogP contribution in [0.1, 0.15) is 18.4 Å². The SMILES string of the molecule is NC(=O)C1CCCN1CCOc1ccc(CC(N)=S)cc1. The average molecular weight is 307 g/mol. The Morgan fingerprint density at radius 3 is 2.67 bits per heavy atom. The maximum absolute atomic E-state index is 11.3. The molecule has 1 atom stereocenters. The molecule has 2 rings (SSSR count). The number of benzene rings is 1. The summed E-state index contributed by atoms with van der Waals surface area (Å²) in [6.45, 7) is 2.16. The zero-order valence-corrected chi connectivity index (χ0v) is 12.8. The molecule has 1 aromatic carbocycles. The van der Waals surface area contributed by atoms with Crippen LogP contribution in [0.5, 0.6) is 5.75 Å². The van der Waals surface area contributed by atoms with Gasteiger partial charge in [-0.25, -0.2) is 0 Å². The number of hydrogen-bond acceptors (Lipinski definition) is 4. The molecule has 6 heteroatoms. The van der Waals surface area contributed by atoms with Crippen molar-refractivity contribution in [3.63, 3.8) is 0 Å². The van der Waals surface area contributed by atoms with Crippen LogP contribution in [0.4, 0.5) is 0 Å². The largest absolute Gasteiger partial charge is 0.492 e. The number of ether oxygens (including phenoxy) is 1. The molecule has 1 unspecified atom stereocenters. The van der Waals surface area contributed by atoms with E-state index in [9.17, 15) is 4.79 Å². The normalized spacial score (nSPS) is 18.6. The molecule has 4 N–H and O–H groups in total. The zero-order chi connectivity index (χ0) is 15.2. The van der Waals surface area contributed by atoms with Crippen LogP contribution in [-0.4, -0.2) is 41.5 Å². The Labute approximate surface area is 130 Å². The lowest BCUT2D eigenvalue weighted by Gasteiger charge is -2.21. The van der Waals surface area contributed by atoms with Gasteiger partial charge in [0.25, 0.3) is 0 Å². The molecule has 0 radical (unpaired) electrons. The molecule has 0 aliphatic carbocycles. The van der Waals surface area contributed by atoms with Crippen molar-refractivity contribution in [1.82, 2.24) is 4.90 Å². The summed E-state index contributed by atoms with van der Waals surface area (Å²) in [5.41, 5.74) is 12.0. The summed E-state index contributed by atoms with van der Waals surface area (Å²) in [4.78, 5) is 13.9. The Bertz CT molecular complexity index is 504. The van der Waals surface area contributed by atoms with Gasteiger partial charge < -0.3 is 16.2 Å². The monoisotopic (exact) mass is 307 g/mol. The van der Waals surface area contributed by atoms with Gasteiger partial charge in [0.15, 0.2) is 0 Å². The number of nitrogens with zero attached hydrogens (tertiary/aromatic N) is 1. The number of nitrogens with two attached hydrogens (primary N) is 2. The first-order chi connectivity index (χ1) is 10.1. The maximum Gasteiger partial charge on any atom is 0.234 e. The van der Waals surface area contributed by atoms with Crippen LogP contribution in [0.2, 0.25) is 0 Å². The summed E-state index contributed by atoms with van der Waals surface area (Å²) < 4.78 is 5.70. The third-order valence-electron chi connectivity index (χ3n) is 3.64. The van der Waals surface area contributed by atoms with Crippen LogP contribution >= 0.6 is 12.2 Å². The lowest BCUT2D eigenvalue weighted by molar-refractivity contribution is -0.122. The van der Waals surface area contributed by atoms with Crippen LogP contribution in [0.25, 0.3) is 0 Å². The molecule has 0 aromatic heterocycles. The second-order valence-corrected chi connectivity index (χ2v) is 5.76. The fraction of sp³-hybridized carbons (Fsp3) is 0.467. The molecule has 1 saturated heterocycles. The minimum Gasteiger partial charge on any atom is -0.492 e. The first-order valence-corrected chi connectivity index (χ1v) is 7.50. The highest BCUT2D eigenvalue weighted by molar-refractivity contribution is 7.80. The second kappa shape index (κ2) is 7.38. The predicted octanol–water partition coefficient (Wildman–Crippen LogP) is 0.844. The number of thiocarbonyl (C=S) groups is 1. The quantitative estimate of drug-likeness (QED) is 0.730. The summed E-state index contributed by atoms with van der Waals surface area (Å²) in [6.07, 6.45) is 2.47. The summed E-state index contributed by atoms with van der Waals surface area (Å²) in [7, 11) is 0. The molecule has 1 aromatic rings. The number of primary amides is 1. The van der Waals surface area contributed by atoms with Crippen molar-refractivity contribution >= 4 is 23.1 Å². The molecule has 1 heterocycles. The highest BCUT2D eigenvalue weighted by Crippen LogP contribution is 2.17. The van der Waals surface area contributed by atoms with Crippen molar-refractivity contribution < 1.29 is 9.53 Å². The van der Waals surface area contributed by atoms with Gasteiger partial charge in [0.2, 0.25) is 5.91 Å². The van der Waals surface area contributed by atoms with Crippen LogP contribution < -0.4 is 16.2 Å². The molecule has 0 saturated carbocycles. The first-order valence-electron chi connectivity index (χ1n) is 7.09. The molecular formula is C15H21N3O2S. The number of rotatable bonds is 7. The molecule has 1 aliphatic rings. The lowest BCUT2D eigenvalue weighted by atomic mass is 10.1. The van der Waals surface area contributed by atoms with E-state index in [1.807, 2.05) is 24.3 Å². The van der Waals surface area contributed by atoms with Gasteiger partial charge in [-0.1, -0.05) is 24.4 Å². The number of carbonyl (C=O) groups excluding carboxylic acids is 1. The highest BCUT2D eigenvalue weighted by atomic mass is 32.1. The van der Waals surface area contributed by atoms with E-state index >= 15 is 0 Å².